The fraction of sp³-hybridized carbons (Fsp3) is 0.438. The van der Waals surface area contributed by atoms with Crippen LogP contribution in [0.15, 0.2) is 18.2 Å². The van der Waals surface area contributed by atoms with E-state index in [0.717, 1.165) is 0 Å². The number of hydrogen-bond donors (Lipinski definition) is 1. The van der Waals surface area contributed by atoms with Crippen molar-refractivity contribution in [2.75, 3.05) is 26.8 Å². The van der Waals surface area contributed by atoms with Crippen molar-refractivity contribution in [1.29, 1.82) is 0 Å². The summed E-state index contributed by atoms with van der Waals surface area (Å²) in [4.78, 5) is 14.3. The van der Waals surface area contributed by atoms with Crippen LogP contribution in [0.5, 0.6) is 0 Å². The number of benzene rings is 1. The summed E-state index contributed by atoms with van der Waals surface area (Å²) in [5.74, 6) is 5.55. The molecule has 0 radical (unpaired) electrons. The number of carbonyl (C=O) groups is 1. The number of halogens is 1. The number of hydrogen-bond acceptors (Lipinski definition) is 3. The molecule has 0 aliphatic heterocycles. The molecule has 21 heavy (non-hydrogen) atoms. The number of amides is 1. The SMILES string of the molecule is COCCN(C(=O)c1ccc(C#CCN)c(Cl)c1)C(C)C. The average molecular weight is 309 g/mol. The van der Waals surface area contributed by atoms with Crippen LogP contribution in [-0.2, 0) is 4.74 Å². The van der Waals surface area contributed by atoms with Gasteiger partial charge in [-0.3, -0.25) is 4.79 Å². The van der Waals surface area contributed by atoms with Crippen molar-refractivity contribution < 1.29 is 9.53 Å². The van der Waals surface area contributed by atoms with Gasteiger partial charge in [0, 0.05) is 30.8 Å². The van der Waals surface area contributed by atoms with Gasteiger partial charge in [0.25, 0.3) is 5.91 Å². The Kier molecular flexibility index (Phi) is 7.24. The van der Waals surface area contributed by atoms with Crippen LogP contribution in [0.2, 0.25) is 5.02 Å². The van der Waals surface area contributed by atoms with Gasteiger partial charge in [0.2, 0.25) is 0 Å². The molecule has 0 spiro atoms. The number of carbonyl (C=O) groups excluding carboxylic acids is 1. The van der Waals surface area contributed by atoms with E-state index in [0.29, 0.717) is 29.3 Å². The molecule has 0 aliphatic rings. The maximum Gasteiger partial charge on any atom is 0.254 e. The number of ether oxygens (including phenoxy) is 1. The second-order valence-electron chi connectivity index (χ2n) is 4.79. The molecule has 0 heterocycles. The van der Waals surface area contributed by atoms with Gasteiger partial charge in [-0.25, -0.2) is 0 Å². The second kappa shape index (κ2) is 8.68. The summed E-state index contributed by atoms with van der Waals surface area (Å²) in [6.07, 6.45) is 0. The van der Waals surface area contributed by atoms with Crippen molar-refractivity contribution in [2.24, 2.45) is 5.73 Å². The lowest BCUT2D eigenvalue weighted by atomic mass is 10.1. The third-order valence-electron chi connectivity index (χ3n) is 2.96. The van der Waals surface area contributed by atoms with Crippen molar-refractivity contribution in [2.45, 2.75) is 19.9 Å². The van der Waals surface area contributed by atoms with Gasteiger partial charge < -0.3 is 15.4 Å². The Bertz CT molecular complexity index is 547. The Hall–Kier alpha value is -1.54. The van der Waals surface area contributed by atoms with E-state index in [1.807, 2.05) is 13.8 Å². The maximum absolute atomic E-state index is 12.5. The lowest BCUT2D eigenvalue weighted by Gasteiger charge is -2.26. The van der Waals surface area contributed by atoms with Crippen LogP contribution >= 0.6 is 11.6 Å². The van der Waals surface area contributed by atoms with E-state index < -0.39 is 0 Å². The molecule has 1 rings (SSSR count). The Labute approximate surface area is 131 Å². The maximum atomic E-state index is 12.5. The highest BCUT2D eigenvalue weighted by atomic mass is 35.5. The van der Waals surface area contributed by atoms with Crippen LogP contribution in [0, 0.1) is 11.8 Å². The molecule has 1 aromatic rings. The minimum Gasteiger partial charge on any atom is -0.383 e. The standard InChI is InChI=1S/C16H21ClN2O2/c1-12(2)19(9-10-21-3)16(20)14-7-6-13(5-4-8-18)15(17)11-14/h6-7,11-12H,8-10,18H2,1-3H3. The monoisotopic (exact) mass is 308 g/mol. The first-order valence-electron chi connectivity index (χ1n) is 6.79. The summed E-state index contributed by atoms with van der Waals surface area (Å²) < 4.78 is 5.05. The van der Waals surface area contributed by atoms with E-state index in [1.54, 1.807) is 30.2 Å². The first-order chi connectivity index (χ1) is 10.0. The third kappa shape index (κ3) is 5.05. The summed E-state index contributed by atoms with van der Waals surface area (Å²) in [6, 6.07) is 5.21. The van der Waals surface area contributed by atoms with Crippen LogP contribution < -0.4 is 5.73 Å². The van der Waals surface area contributed by atoms with Crippen molar-refractivity contribution >= 4 is 17.5 Å². The van der Waals surface area contributed by atoms with Crippen molar-refractivity contribution in [1.82, 2.24) is 4.90 Å². The molecule has 0 fully saturated rings. The van der Waals surface area contributed by atoms with Crippen LogP contribution in [-0.4, -0.2) is 43.7 Å². The molecule has 5 heteroatoms. The number of nitrogens with zero attached hydrogens (tertiary/aromatic N) is 1. The van der Waals surface area contributed by atoms with E-state index in [1.165, 1.54) is 0 Å². The Morgan fingerprint density at radius 1 is 1.48 bits per heavy atom. The molecule has 114 valence electrons. The molecule has 0 saturated carbocycles. The number of methoxy groups -OCH3 is 1. The van der Waals surface area contributed by atoms with Gasteiger partial charge in [-0.05, 0) is 32.0 Å². The van der Waals surface area contributed by atoms with Gasteiger partial charge in [-0.1, -0.05) is 23.4 Å². The second-order valence-corrected chi connectivity index (χ2v) is 5.19. The van der Waals surface area contributed by atoms with Gasteiger partial charge in [-0.2, -0.15) is 0 Å². The number of nitrogens with two attached hydrogens (primary N) is 1. The van der Waals surface area contributed by atoms with Crippen LogP contribution in [0.3, 0.4) is 0 Å². The largest absolute Gasteiger partial charge is 0.383 e. The Morgan fingerprint density at radius 2 is 2.19 bits per heavy atom. The predicted octanol–water partition coefficient (Wildman–Crippen LogP) is 2.15. The minimum atomic E-state index is -0.0673. The Morgan fingerprint density at radius 3 is 2.71 bits per heavy atom. The van der Waals surface area contributed by atoms with Crippen LogP contribution in [0.4, 0.5) is 0 Å². The third-order valence-corrected chi connectivity index (χ3v) is 3.27. The minimum absolute atomic E-state index is 0.0673. The van der Waals surface area contributed by atoms with E-state index in [4.69, 9.17) is 22.1 Å². The molecule has 0 saturated heterocycles. The van der Waals surface area contributed by atoms with Crippen molar-refractivity contribution in [3.05, 3.63) is 34.3 Å². The van der Waals surface area contributed by atoms with E-state index in [-0.39, 0.29) is 18.5 Å². The lowest BCUT2D eigenvalue weighted by molar-refractivity contribution is 0.0635. The smallest absolute Gasteiger partial charge is 0.254 e. The first kappa shape index (κ1) is 17.5. The lowest BCUT2D eigenvalue weighted by Crippen LogP contribution is -2.39. The van der Waals surface area contributed by atoms with Crippen molar-refractivity contribution in [3.8, 4) is 11.8 Å². The zero-order valence-corrected chi connectivity index (χ0v) is 13.4. The molecule has 1 amide bonds. The van der Waals surface area contributed by atoms with Gasteiger partial charge >= 0.3 is 0 Å². The quantitative estimate of drug-likeness (QED) is 0.848. The van der Waals surface area contributed by atoms with Gasteiger partial charge in [-0.15, -0.1) is 0 Å². The van der Waals surface area contributed by atoms with Gasteiger partial charge in [0.1, 0.15) is 0 Å². The number of rotatable bonds is 5. The molecular formula is C16H21ClN2O2. The summed E-state index contributed by atoms with van der Waals surface area (Å²) >= 11 is 6.16. The Balaban J connectivity index is 2.98. The molecule has 0 bridgehead atoms. The van der Waals surface area contributed by atoms with E-state index in [9.17, 15) is 4.79 Å². The van der Waals surface area contributed by atoms with E-state index >= 15 is 0 Å². The summed E-state index contributed by atoms with van der Waals surface area (Å²) in [5.41, 5.74) is 6.55. The molecule has 0 atom stereocenters. The van der Waals surface area contributed by atoms with Gasteiger partial charge in [0.05, 0.1) is 18.2 Å². The normalized spacial score (nSPS) is 10.2. The molecule has 4 nitrogen and oxygen atoms in total. The topological polar surface area (TPSA) is 55.6 Å². The highest BCUT2D eigenvalue weighted by Crippen LogP contribution is 2.19. The summed E-state index contributed by atoms with van der Waals surface area (Å²) in [6.45, 7) is 5.25. The molecular weight excluding hydrogens is 288 g/mol. The van der Waals surface area contributed by atoms with Crippen LogP contribution in [0.25, 0.3) is 0 Å². The fourth-order valence-corrected chi connectivity index (χ4v) is 2.07. The highest BCUT2D eigenvalue weighted by Gasteiger charge is 2.19. The average Bonchev–Trinajstić information content (AvgIpc) is 2.45. The molecule has 1 aromatic carbocycles. The molecule has 2 N–H and O–H groups in total. The fourth-order valence-electron chi connectivity index (χ4n) is 1.85. The molecule has 0 aromatic heterocycles. The van der Waals surface area contributed by atoms with Crippen molar-refractivity contribution in [3.63, 3.8) is 0 Å². The highest BCUT2D eigenvalue weighted by molar-refractivity contribution is 6.32. The zero-order chi connectivity index (χ0) is 15.8. The zero-order valence-electron chi connectivity index (χ0n) is 12.6. The van der Waals surface area contributed by atoms with Crippen LogP contribution in [0.1, 0.15) is 29.8 Å². The first-order valence-corrected chi connectivity index (χ1v) is 7.17. The molecule has 0 aliphatic carbocycles. The van der Waals surface area contributed by atoms with Gasteiger partial charge in [0.15, 0.2) is 0 Å². The molecule has 0 unspecified atom stereocenters. The van der Waals surface area contributed by atoms with E-state index in [2.05, 4.69) is 11.8 Å². The summed E-state index contributed by atoms with van der Waals surface area (Å²) in [5, 5.41) is 0.456. The predicted molar refractivity (Wildman–Crippen MR) is 85.4 cm³/mol. The summed E-state index contributed by atoms with van der Waals surface area (Å²) in [7, 11) is 1.62.